The van der Waals surface area contributed by atoms with Crippen molar-refractivity contribution in [3.63, 3.8) is 0 Å². The molecule has 0 bridgehead atoms. The molecule has 0 unspecified atom stereocenters. The van der Waals surface area contributed by atoms with Gasteiger partial charge in [0.25, 0.3) is 5.92 Å². The van der Waals surface area contributed by atoms with Gasteiger partial charge in [0.2, 0.25) is 0 Å². The molecule has 0 amide bonds. The quantitative estimate of drug-likeness (QED) is 0.612. The second-order valence-electron chi connectivity index (χ2n) is 4.76. The fraction of sp³-hybridized carbons (Fsp3) is 1.00. The first-order chi connectivity index (χ1) is 6.00. The number of rotatable bonds is 1. The van der Waals surface area contributed by atoms with Crippen molar-refractivity contribution in [3.05, 3.63) is 0 Å². The molecule has 0 aromatic heterocycles. The van der Waals surface area contributed by atoms with Gasteiger partial charge >= 0.3 is 0 Å². The summed E-state index contributed by atoms with van der Waals surface area (Å²) in [4.78, 5) is 2.17. The molecule has 13 heavy (non-hydrogen) atoms. The van der Waals surface area contributed by atoms with Crippen molar-refractivity contribution in [3.8, 4) is 0 Å². The maximum absolute atomic E-state index is 13.0. The first-order valence-electron chi connectivity index (χ1n) is 5.05. The molecule has 3 heteroatoms. The van der Waals surface area contributed by atoms with Gasteiger partial charge in [-0.1, -0.05) is 0 Å². The number of hydrogen-bond donors (Lipinski definition) is 0. The summed E-state index contributed by atoms with van der Waals surface area (Å²) in [5, 5.41) is 0. The lowest BCUT2D eigenvalue weighted by atomic mass is 9.61. The SMILES string of the molecule is CN(C)[C@@H]1CC[C@@H]2[C@H](C1)CC2(F)F. The normalized spacial score (nSPS) is 42.7. The zero-order valence-electron chi connectivity index (χ0n) is 8.26. The van der Waals surface area contributed by atoms with Gasteiger partial charge in [0, 0.05) is 18.4 Å². The average molecular weight is 189 g/mol. The van der Waals surface area contributed by atoms with Gasteiger partial charge in [-0.2, -0.15) is 0 Å². The van der Waals surface area contributed by atoms with E-state index in [4.69, 9.17) is 0 Å². The van der Waals surface area contributed by atoms with Crippen LogP contribution in [0.5, 0.6) is 0 Å². The Hall–Kier alpha value is -0.180. The highest BCUT2D eigenvalue weighted by atomic mass is 19.3. The molecule has 0 N–H and O–H groups in total. The number of nitrogens with zero attached hydrogens (tertiary/aromatic N) is 1. The minimum absolute atomic E-state index is 0.141. The van der Waals surface area contributed by atoms with Gasteiger partial charge < -0.3 is 4.90 Å². The van der Waals surface area contributed by atoms with E-state index in [1.54, 1.807) is 0 Å². The maximum Gasteiger partial charge on any atom is 0.251 e. The van der Waals surface area contributed by atoms with Crippen molar-refractivity contribution < 1.29 is 8.78 Å². The van der Waals surface area contributed by atoms with Crippen LogP contribution in [0, 0.1) is 11.8 Å². The Morgan fingerprint density at radius 3 is 2.38 bits per heavy atom. The molecule has 0 spiro atoms. The predicted molar refractivity (Wildman–Crippen MR) is 47.9 cm³/mol. The molecule has 2 fully saturated rings. The Balaban J connectivity index is 1.93. The number of halogens is 2. The van der Waals surface area contributed by atoms with Crippen LogP contribution in [0.2, 0.25) is 0 Å². The third kappa shape index (κ3) is 1.47. The van der Waals surface area contributed by atoms with Crippen molar-refractivity contribution in [2.24, 2.45) is 11.8 Å². The molecule has 0 saturated heterocycles. The molecule has 76 valence electrons. The Bertz CT molecular complexity index is 203. The monoisotopic (exact) mass is 189 g/mol. The van der Waals surface area contributed by atoms with Crippen molar-refractivity contribution in [1.82, 2.24) is 4.90 Å². The van der Waals surface area contributed by atoms with Gasteiger partial charge in [0.05, 0.1) is 0 Å². The topological polar surface area (TPSA) is 3.24 Å². The van der Waals surface area contributed by atoms with Crippen molar-refractivity contribution >= 4 is 0 Å². The molecule has 0 aliphatic heterocycles. The van der Waals surface area contributed by atoms with Gasteiger partial charge in [0.1, 0.15) is 0 Å². The van der Waals surface area contributed by atoms with Crippen LogP contribution in [0.3, 0.4) is 0 Å². The summed E-state index contributed by atoms with van der Waals surface area (Å²) in [5.41, 5.74) is 0. The summed E-state index contributed by atoms with van der Waals surface area (Å²) < 4.78 is 26.0. The third-order valence-corrected chi connectivity index (χ3v) is 3.76. The fourth-order valence-corrected chi connectivity index (χ4v) is 2.83. The largest absolute Gasteiger partial charge is 0.306 e. The van der Waals surface area contributed by atoms with E-state index >= 15 is 0 Å². The number of alkyl halides is 2. The summed E-state index contributed by atoms with van der Waals surface area (Å²) in [7, 11) is 4.09. The third-order valence-electron chi connectivity index (χ3n) is 3.76. The van der Waals surface area contributed by atoms with E-state index in [0.29, 0.717) is 12.0 Å². The van der Waals surface area contributed by atoms with E-state index in [-0.39, 0.29) is 12.3 Å². The molecule has 3 atom stereocenters. The first-order valence-corrected chi connectivity index (χ1v) is 5.05. The van der Waals surface area contributed by atoms with Crippen LogP contribution in [-0.2, 0) is 0 Å². The van der Waals surface area contributed by atoms with E-state index in [2.05, 4.69) is 4.90 Å². The smallest absolute Gasteiger partial charge is 0.251 e. The highest BCUT2D eigenvalue weighted by molar-refractivity contribution is 5.00. The lowest BCUT2D eigenvalue weighted by Crippen LogP contribution is -2.53. The highest BCUT2D eigenvalue weighted by Crippen LogP contribution is 2.55. The first kappa shape index (κ1) is 9.38. The molecule has 2 rings (SSSR count). The second-order valence-corrected chi connectivity index (χ2v) is 4.76. The predicted octanol–water partition coefficient (Wildman–Crippen LogP) is 2.37. The molecular weight excluding hydrogens is 172 g/mol. The van der Waals surface area contributed by atoms with Crippen molar-refractivity contribution in [1.29, 1.82) is 0 Å². The standard InChI is InChI=1S/C10H17F2N/c1-13(2)8-3-4-9-7(5-8)6-10(9,11)12/h7-9H,3-6H2,1-2H3/t7-,8-,9-/m1/s1. The van der Waals surface area contributed by atoms with E-state index in [9.17, 15) is 8.78 Å². The molecule has 1 nitrogen and oxygen atoms in total. The summed E-state index contributed by atoms with van der Waals surface area (Å²) in [6.07, 6.45) is 2.79. The molecule has 2 aliphatic rings. The van der Waals surface area contributed by atoms with Crippen LogP contribution < -0.4 is 0 Å². The zero-order chi connectivity index (χ0) is 9.64. The summed E-state index contributed by atoms with van der Waals surface area (Å²) in [6, 6.07) is 0.539. The van der Waals surface area contributed by atoms with E-state index < -0.39 is 5.92 Å². The van der Waals surface area contributed by atoms with Gasteiger partial charge in [-0.15, -0.1) is 0 Å². The molecule has 2 aliphatic carbocycles. The summed E-state index contributed by atoms with van der Waals surface area (Å²) in [6.45, 7) is 0. The minimum atomic E-state index is -2.33. The zero-order valence-corrected chi connectivity index (χ0v) is 8.26. The Kier molecular flexibility index (Phi) is 2.10. The van der Waals surface area contributed by atoms with E-state index in [1.807, 2.05) is 14.1 Å². The van der Waals surface area contributed by atoms with Gasteiger partial charge in [-0.25, -0.2) is 8.78 Å². The van der Waals surface area contributed by atoms with Gasteiger partial charge in [-0.05, 0) is 39.3 Å². The molecule has 0 radical (unpaired) electrons. The van der Waals surface area contributed by atoms with E-state index in [0.717, 1.165) is 19.3 Å². The number of fused-ring (bicyclic) bond motifs is 1. The van der Waals surface area contributed by atoms with Crippen LogP contribution in [-0.4, -0.2) is 31.0 Å². The van der Waals surface area contributed by atoms with Crippen LogP contribution in [0.1, 0.15) is 25.7 Å². The second kappa shape index (κ2) is 2.91. The lowest BCUT2D eigenvalue weighted by Gasteiger charge is -2.50. The maximum atomic E-state index is 13.0. The van der Waals surface area contributed by atoms with Crippen LogP contribution >= 0.6 is 0 Å². The molecular formula is C10H17F2N. The van der Waals surface area contributed by atoms with Crippen LogP contribution in [0.4, 0.5) is 8.78 Å². The summed E-state index contributed by atoms with van der Waals surface area (Å²) in [5.74, 6) is -2.32. The molecule has 2 saturated carbocycles. The van der Waals surface area contributed by atoms with Crippen molar-refractivity contribution in [2.45, 2.75) is 37.6 Å². The Morgan fingerprint density at radius 2 is 1.92 bits per heavy atom. The lowest BCUT2D eigenvalue weighted by molar-refractivity contribution is -0.193. The fourth-order valence-electron chi connectivity index (χ4n) is 2.83. The van der Waals surface area contributed by atoms with Crippen LogP contribution in [0.25, 0.3) is 0 Å². The van der Waals surface area contributed by atoms with Gasteiger partial charge in [-0.3, -0.25) is 0 Å². The number of hydrogen-bond acceptors (Lipinski definition) is 1. The van der Waals surface area contributed by atoms with Gasteiger partial charge in [0.15, 0.2) is 0 Å². The minimum Gasteiger partial charge on any atom is -0.306 e. The average Bonchev–Trinajstić information content (AvgIpc) is 2.01. The molecule has 0 aromatic rings. The Labute approximate surface area is 78.1 Å². The Morgan fingerprint density at radius 1 is 1.23 bits per heavy atom. The highest BCUT2D eigenvalue weighted by Gasteiger charge is 2.57. The summed E-state index contributed by atoms with van der Waals surface area (Å²) >= 11 is 0. The van der Waals surface area contributed by atoms with Crippen LogP contribution in [0.15, 0.2) is 0 Å². The molecule has 0 aromatic carbocycles. The van der Waals surface area contributed by atoms with E-state index in [1.165, 1.54) is 0 Å². The van der Waals surface area contributed by atoms with Crippen molar-refractivity contribution in [2.75, 3.05) is 14.1 Å². The molecule has 0 heterocycles.